The number of aryl methyl sites for hydroxylation is 1. The Hall–Kier alpha value is -0.540. The van der Waals surface area contributed by atoms with E-state index in [9.17, 15) is 0 Å². The normalized spacial score (nSPS) is 12.4. The molecule has 0 spiro atoms. The summed E-state index contributed by atoms with van der Waals surface area (Å²) in [6.07, 6.45) is 0.797. The van der Waals surface area contributed by atoms with Crippen LogP contribution in [0.2, 0.25) is 10.0 Å². The monoisotopic (exact) mass is 371 g/mol. The summed E-state index contributed by atoms with van der Waals surface area (Å²) in [5.41, 5.74) is 3.35. The average molecular weight is 373 g/mol. The van der Waals surface area contributed by atoms with Crippen molar-refractivity contribution in [2.24, 2.45) is 0 Å². The maximum atomic E-state index is 6.38. The molecule has 0 aliphatic heterocycles. The molecule has 1 nitrogen and oxygen atoms in total. The number of nitrogens with one attached hydrogen (secondary N) is 1. The smallest absolute Gasteiger partial charge is 0.0595 e. The van der Waals surface area contributed by atoms with Gasteiger partial charge < -0.3 is 5.32 Å². The number of hydrogen-bond acceptors (Lipinski definition) is 1. The lowest BCUT2D eigenvalue weighted by atomic mass is 9.98. The van der Waals surface area contributed by atoms with E-state index in [-0.39, 0.29) is 6.04 Å². The lowest BCUT2D eigenvalue weighted by Crippen LogP contribution is -2.19. The van der Waals surface area contributed by atoms with Gasteiger partial charge in [0.15, 0.2) is 0 Å². The van der Waals surface area contributed by atoms with E-state index >= 15 is 0 Å². The third-order valence-electron chi connectivity index (χ3n) is 3.34. The second-order valence-corrected chi connectivity index (χ2v) is 6.42. The molecule has 2 aromatic rings. The van der Waals surface area contributed by atoms with Gasteiger partial charge in [0.2, 0.25) is 0 Å². The molecule has 0 fully saturated rings. The molecule has 1 atom stereocenters. The Labute approximate surface area is 138 Å². The first kappa shape index (κ1) is 15.8. The highest BCUT2D eigenvalue weighted by molar-refractivity contribution is 9.10. The minimum absolute atomic E-state index is 0.125. The predicted octanol–water partition coefficient (Wildman–Crippen LogP) is 5.57. The summed E-state index contributed by atoms with van der Waals surface area (Å²) in [5.74, 6) is 0. The molecule has 20 heavy (non-hydrogen) atoms. The van der Waals surface area contributed by atoms with E-state index in [1.54, 1.807) is 0 Å². The Kier molecular flexibility index (Phi) is 5.50. The van der Waals surface area contributed by atoms with E-state index < -0.39 is 0 Å². The van der Waals surface area contributed by atoms with Crippen molar-refractivity contribution in [2.75, 3.05) is 7.05 Å². The third kappa shape index (κ3) is 3.56. The van der Waals surface area contributed by atoms with Crippen molar-refractivity contribution in [1.82, 2.24) is 5.32 Å². The van der Waals surface area contributed by atoms with E-state index in [1.165, 1.54) is 5.56 Å². The number of rotatable bonds is 4. The lowest BCUT2D eigenvalue weighted by Gasteiger charge is -2.19. The topological polar surface area (TPSA) is 12.0 Å². The highest BCUT2D eigenvalue weighted by Gasteiger charge is 2.16. The molecule has 0 saturated carbocycles. The molecule has 0 bridgehead atoms. The van der Waals surface area contributed by atoms with Gasteiger partial charge in [0, 0.05) is 15.5 Å². The molecule has 1 unspecified atom stereocenters. The molecule has 1 N–H and O–H groups in total. The fourth-order valence-electron chi connectivity index (χ4n) is 2.19. The van der Waals surface area contributed by atoms with Gasteiger partial charge >= 0.3 is 0 Å². The molecule has 0 aliphatic carbocycles. The zero-order valence-electron chi connectivity index (χ0n) is 11.4. The molecule has 0 aromatic heterocycles. The summed E-state index contributed by atoms with van der Waals surface area (Å²) in [6.45, 7) is 2.04. The molecule has 0 aliphatic rings. The van der Waals surface area contributed by atoms with Gasteiger partial charge in [0.25, 0.3) is 0 Å². The fourth-order valence-corrected chi connectivity index (χ4v) is 3.15. The quantitative estimate of drug-likeness (QED) is 0.739. The van der Waals surface area contributed by atoms with Gasteiger partial charge in [0.1, 0.15) is 0 Å². The summed E-state index contributed by atoms with van der Waals surface area (Å²) in [4.78, 5) is 0. The molecule has 2 aromatic carbocycles. The van der Waals surface area contributed by atoms with Crippen molar-refractivity contribution in [3.05, 3.63) is 67.6 Å². The summed E-state index contributed by atoms with van der Waals surface area (Å²) in [7, 11) is 1.93. The lowest BCUT2D eigenvalue weighted by molar-refractivity contribution is 0.592. The maximum Gasteiger partial charge on any atom is 0.0595 e. The molecule has 0 heterocycles. The first-order valence-electron chi connectivity index (χ1n) is 6.39. The van der Waals surface area contributed by atoms with Crippen LogP contribution in [-0.2, 0) is 6.42 Å². The van der Waals surface area contributed by atoms with Crippen LogP contribution in [0.3, 0.4) is 0 Å². The minimum Gasteiger partial charge on any atom is -0.313 e. The van der Waals surface area contributed by atoms with Gasteiger partial charge in [-0.2, -0.15) is 0 Å². The molecular weight excluding hydrogens is 357 g/mol. The Morgan fingerprint density at radius 3 is 2.60 bits per heavy atom. The van der Waals surface area contributed by atoms with Crippen LogP contribution in [-0.4, -0.2) is 7.05 Å². The van der Waals surface area contributed by atoms with Crippen LogP contribution in [0.25, 0.3) is 0 Å². The van der Waals surface area contributed by atoms with Crippen LogP contribution in [0, 0.1) is 6.92 Å². The Morgan fingerprint density at radius 1 is 1.20 bits per heavy atom. The molecule has 4 heteroatoms. The largest absolute Gasteiger partial charge is 0.313 e. The van der Waals surface area contributed by atoms with E-state index in [2.05, 4.69) is 33.4 Å². The molecule has 2 rings (SSSR count). The summed E-state index contributed by atoms with van der Waals surface area (Å²) < 4.78 is 0.909. The first-order chi connectivity index (χ1) is 9.52. The van der Waals surface area contributed by atoms with Crippen LogP contribution in [0.1, 0.15) is 22.7 Å². The van der Waals surface area contributed by atoms with E-state index in [0.717, 1.165) is 32.1 Å². The van der Waals surface area contributed by atoms with E-state index in [0.29, 0.717) is 0 Å². The number of hydrogen-bond donors (Lipinski definition) is 1. The van der Waals surface area contributed by atoms with Crippen molar-refractivity contribution in [2.45, 2.75) is 19.4 Å². The number of likely N-dealkylation sites (N-methyl/N-ethyl adjacent to an activating group) is 1. The van der Waals surface area contributed by atoms with Gasteiger partial charge in [-0.15, -0.1) is 0 Å². The van der Waals surface area contributed by atoms with Crippen molar-refractivity contribution in [1.29, 1.82) is 0 Å². The third-order valence-corrected chi connectivity index (χ3v) is 5.00. The minimum atomic E-state index is 0.125. The van der Waals surface area contributed by atoms with Crippen LogP contribution in [0.15, 0.2) is 40.9 Å². The molecule has 0 radical (unpaired) electrons. The average Bonchev–Trinajstić information content (AvgIpc) is 2.42. The van der Waals surface area contributed by atoms with E-state index in [1.807, 2.05) is 38.2 Å². The molecule has 106 valence electrons. The van der Waals surface area contributed by atoms with Crippen molar-refractivity contribution in [3.8, 4) is 0 Å². The molecule has 0 amide bonds. The summed E-state index contributed by atoms with van der Waals surface area (Å²) in [5, 5.41) is 4.86. The highest BCUT2D eigenvalue weighted by atomic mass is 79.9. The van der Waals surface area contributed by atoms with Gasteiger partial charge in [-0.3, -0.25) is 0 Å². The highest BCUT2D eigenvalue weighted by Crippen LogP contribution is 2.32. The summed E-state index contributed by atoms with van der Waals surface area (Å²) >= 11 is 16.2. The molecular formula is C16H16BrCl2N. The standard InChI is InChI=1S/C16H16BrCl2N/c1-10-6-7-11(14(18)8-10)9-15(20-2)12-4-3-5-13(17)16(12)19/h3-8,15,20H,9H2,1-2H3. The maximum absolute atomic E-state index is 6.38. The Bertz CT molecular complexity index is 613. The van der Waals surface area contributed by atoms with Gasteiger partial charge in [-0.25, -0.2) is 0 Å². The van der Waals surface area contributed by atoms with Gasteiger partial charge in [-0.1, -0.05) is 47.5 Å². The predicted molar refractivity (Wildman–Crippen MR) is 90.8 cm³/mol. The van der Waals surface area contributed by atoms with Crippen molar-refractivity contribution >= 4 is 39.1 Å². The molecule has 0 saturated heterocycles. The van der Waals surface area contributed by atoms with E-state index in [4.69, 9.17) is 23.2 Å². The number of benzene rings is 2. The Balaban J connectivity index is 2.31. The van der Waals surface area contributed by atoms with Crippen molar-refractivity contribution in [3.63, 3.8) is 0 Å². The van der Waals surface area contributed by atoms with Crippen LogP contribution in [0.5, 0.6) is 0 Å². The first-order valence-corrected chi connectivity index (χ1v) is 7.94. The number of halogens is 3. The van der Waals surface area contributed by atoms with Gasteiger partial charge in [0.05, 0.1) is 5.02 Å². The van der Waals surface area contributed by atoms with Gasteiger partial charge in [-0.05, 0) is 65.1 Å². The van der Waals surface area contributed by atoms with Crippen molar-refractivity contribution < 1.29 is 0 Å². The Morgan fingerprint density at radius 2 is 1.95 bits per heavy atom. The zero-order valence-corrected chi connectivity index (χ0v) is 14.5. The fraction of sp³-hybridized carbons (Fsp3) is 0.250. The van der Waals surface area contributed by atoms with Crippen LogP contribution < -0.4 is 5.32 Å². The summed E-state index contributed by atoms with van der Waals surface area (Å²) in [6, 6.07) is 12.2. The SMILES string of the molecule is CNC(Cc1ccc(C)cc1Cl)c1cccc(Br)c1Cl. The van der Waals surface area contributed by atoms with Crippen LogP contribution >= 0.6 is 39.1 Å². The zero-order chi connectivity index (χ0) is 14.7. The van der Waals surface area contributed by atoms with Crippen LogP contribution in [0.4, 0.5) is 0 Å². The second-order valence-electron chi connectivity index (χ2n) is 4.78. The second kappa shape index (κ2) is 6.95.